The van der Waals surface area contributed by atoms with Crippen LogP contribution in [0, 0.1) is 0 Å². The lowest BCUT2D eigenvalue weighted by Gasteiger charge is -2.19. The highest BCUT2D eigenvalue weighted by atomic mass is 16.5. The monoisotopic (exact) mass is 348 g/mol. The summed E-state index contributed by atoms with van der Waals surface area (Å²) >= 11 is 0. The van der Waals surface area contributed by atoms with E-state index in [2.05, 4.69) is 5.16 Å². The van der Waals surface area contributed by atoms with Crippen LogP contribution in [0.1, 0.15) is 43.0 Å². The first kappa shape index (κ1) is 18.8. The number of rotatable bonds is 7. The number of carbonyl (C=O) groups excluding carboxylic acids is 1. The maximum atomic E-state index is 12.9. The molecule has 1 amide bonds. The Morgan fingerprint density at radius 1 is 1.24 bits per heavy atom. The second-order valence-corrected chi connectivity index (χ2v) is 5.49. The Kier molecular flexibility index (Phi) is 6.03. The lowest BCUT2D eigenvalue weighted by molar-refractivity contribution is 0.0761. The van der Waals surface area contributed by atoms with E-state index in [1.807, 2.05) is 13.8 Å². The molecule has 1 atom stereocenters. The zero-order chi connectivity index (χ0) is 18.6. The van der Waals surface area contributed by atoms with Gasteiger partial charge in [-0.05, 0) is 39.0 Å². The van der Waals surface area contributed by atoms with Crippen molar-refractivity contribution >= 4 is 5.91 Å². The molecule has 25 heavy (non-hydrogen) atoms. The molecule has 1 N–H and O–H groups in total. The summed E-state index contributed by atoms with van der Waals surface area (Å²) in [6.45, 7) is 6.42. The van der Waals surface area contributed by atoms with Gasteiger partial charge >= 0.3 is 0 Å². The van der Waals surface area contributed by atoms with Gasteiger partial charge in [0.2, 0.25) is 0 Å². The largest absolute Gasteiger partial charge is 0.493 e. The number of methoxy groups -OCH3 is 2. The number of nitrogens with zero attached hydrogens (tertiary/aromatic N) is 2. The molecule has 0 aliphatic carbocycles. The Labute approximate surface area is 147 Å². The summed E-state index contributed by atoms with van der Waals surface area (Å²) in [6.07, 6.45) is -0.948. The quantitative estimate of drug-likeness (QED) is 0.828. The van der Waals surface area contributed by atoms with Crippen LogP contribution in [0.25, 0.3) is 11.3 Å². The van der Waals surface area contributed by atoms with Crippen LogP contribution in [0.4, 0.5) is 0 Å². The molecule has 1 heterocycles. The molecule has 7 heteroatoms. The van der Waals surface area contributed by atoms with Gasteiger partial charge in [0.25, 0.3) is 5.91 Å². The summed E-state index contributed by atoms with van der Waals surface area (Å²) in [5, 5.41) is 14.0. The summed E-state index contributed by atoms with van der Waals surface area (Å²) in [5.74, 6) is 1.01. The van der Waals surface area contributed by atoms with Crippen molar-refractivity contribution in [2.75, 3.05) is 27.3 Å². The van der Waals surface area contributed by atoms with Crippen LogP contribution < -0.4 is 9.47 Å². The van der Waals surface area contributed by atoms with E-state index >= 15 is 0 Å². The summed E-state index contributed by atoms with van der Waals surface area (Å²) in [5.41, 5.74) is 1.28. The summed E-state index contributed by atoms with van der Waals surface area (Å²) in [7, 11) is 3.09. The first-order chi connectivity index (χ1) is 12.0. The molecule has 2 aromatic rings. The van der Waals surface area contributed by atoms with E-state index in [9.17, 15) is 9.90 Å². The van der Waals surface area contributed by atoms with E-state index in [1.54, 1.807) is 30.2 Å². The van der Waals surface area contributed by atoms with E-state index in [0.29, 0.717) is 35.8 Å². The molecule has 2 rings (SSSR count). The van der Waals surface area contributed by atoms with Gasteiger partial charge in [-0.1, -0.05) is 5.16 Å². The minimum Gasteiger partial charge on any atom is -0.493 e. The smallest absolute Gasteiger partial charge is 0.259 e. The SMILES string of the molecule is CCN(CC)C(=O)c1c(-c2ccc(OC)c(OC)c2)noc1C(C)O. The second-order valence-electron chi connectivity index (χ2n) is 5.49. The normalized spacial score (nSPS) is 11.9. The third-order valence-electron chi connectivity index (χ3n) is 4.02. The standard InChI is InChI=1S/C18H24N2O5/c1-6-20(7-2)18(22)15-16(19-25-17(15)11(3)21)12-8-9-13(23-4)14(10-12)24-5/h8-11,21H,6-7H2,1-5H3. The highest BCUT2D eigenvalue weighted by Crippen LogP contribution is 2.35. The highest BCUT2D eigenvalue weighted by Gasteiger charge is 2.29. The summed E-state index contributed by atoms with van der Waals surface area (Å²) < 4.78 is 15.8. The minimum absolute atomic E-state index is 0.154. The number of hydrogen-bond donors (Lipinski definition) is 1. The van der Waals surface area contributed by atoms with E-state index in [-0.39, 0.29) is 17.2 Å². The number of carbonyl (C=O) groups is 1. The van der Waals surface area contributed by atoms with Gasteiger partial charge in [0.05, 0.1) is 14.2 Å². The number of ether oxygens (including phenoxy) is 2. The fourth-order valence-corrected chi connectivity index (χ4v) is 2.64. The molecule has 0 fully saturated rings. The van der Waals surface area contributed by atoms with Crippen LogP contribution in [-0.2, 0) is 0 Å². The Hall–Kier alpha value is -2.54. The molecular formula is C18H24N2O5. The van der Waals surface area contributed by atoms with E-state index in [1.165, 1.54) is 14.0 Å². The predicted molar refractivity (Wildman–Crippen MR) is 92.9 cm³/mol. The molecule has 0 saturated heterocycles. The Morgan fingerprint density at radius 3 is 2.40 bits per heavy atom. The molecule has 136 valence electrons. The maximum absolute atomic E-state index is 12.9. The number of amides is 1. The lowest BCUT2D eigenvalue weighted by atomic mass is 10.0. The van der Waals surface area contributed by atoms with Crippen molar-refractivity contribution in [3.05, 3.63) is 29.5 Å². The molecule has 1 aromatic heterocycles. The molecule has 0 saturated carbocycles. The van der Waals surface area contributed by atoms with Gasteiger partial charge in [-0.15, -0.1) is 0 Å². The second kappa shape index (κ2) is 8.02. The van der Waals surface area contributed by atoms with Crippen molar-refractivity contribution in [3.8, 4) is 22.8 Å². The van der Waals surface area contributed by atoms with Gasteiger partial charge in [0.1, 0.15) is 17.4 Å². The third kappa shape index (κ3) is 3.61. The topological polar surface area (TPSA) is 85.0 Å². The van der Waals surface area contributed by atoms with Crippen molar-refractivity contribution in [2.45, 2.75) is 26.9 Å². The third-order valence-corrected chi connectivity index (χ3v) is 4.02. The average Bonchev–Trinajstić information content (AvgIpc) is 3.07. The van der Waals surface area contributed by atoms with Gasteiger partial charge < -0.3 is 24.0 Å². The Morgan fingerprint density at radius 2 is 1.88 bits per heavy atom. The number of aliphatic hydroxyl groups is 1. The van der Waals surface area contributed by atoms with E-state index in [0.717, 1.165) is 0 Å². The van der Waals surface area contributed by atoms with Gasteiger partial charge in [-0.2, -0.15) is 0 Å². The van der Waals surface area contributed by atoms with E-state index in [4.69, 9.17) is 14.0 Å². The van der Waals surface area contributed by atoms with Crippen LogP contribution in [0.3, 0.4) is 0 Å². The van der Waals surface area contributed by atoms with Crippen LogP contribution in [0.15, 0.2) is 22.7 Å². The number of aromatic nitrogens is 1. The van der Waals surface area contributed by atoms with Crippen molar-refractivity contribution in [1.29, 1.82) is 0 Å². The van der Waals surface area contributed by atoms with Crippen LogP contribution >= 0.6 is 0 Å². The van der Waals surface area contributed by atoms with Crippen molar-refractivity contribution in [3.63, 3.8) is 0 Å². The number of benzene rings is 1. The van der Waals surface area contributed by atoms with Crippen molar-refractivity contribution < 1.29 is 23.9 Å². The molecular weight excluding hydrogens is 324 g/mol. The van der Waals surface area contributed by atoms with Crippen LogP contribution in [0.5, 0.6) is 11.5 Å². The fourth-order valence-electron chi connectivity index (χ4n) is 2.64. The molecule has 1 unspecified atom stereocenters. The minimum atomic E-state index is -0.948. The highest BCUT2D eigenvalue weighted by molar-refractivity contribution is 6.01. The molecule has 1 aromatic carbocycles. The number of hydrogen-bond acceptors (Lipinski definition) is 6. The zero-order valence-corrected chi connectivity index (χ0v) is 15.2. The molecule has 0 aliphatic rings. The van der Waals surface area contributed by atoms with Gasteiger partial charge in [0, 0.05) is 18.7 Å². The molecule has 0 aliphatic heterocycles. The number of aliphatic hydroxyl groups excluding tert-OH is 1. The first-order valence-electron chi connectivity index (χ1n) is 8.17. The molecule has 0 bridgehead atoms. The Bertz CT molecular complexity index is 735. The molecule has 7 nitrogen and oxygen atoms in total. The zero-order valence-electron chi connectivity index (χ0n) is 15.2. The van der Waals surface area contributed by atoms with Crippen molar-refractivity contribution in [2.24, 2.45) is 0 Å². The van der Waals surface area contributed by atoms with Gasteiger partial charge in [-0.25, -0.2) is 0 Å². The lowest BCUT2D eigenvalue weighted by Crippen LogP contribution is -2.31. The average molecular weight is 348 g/mol. The Balaban J connectivity index is 2.61. The van der Waals surface area contributed by atoms with E-state index < -0.39 is 6.10 Å². The predicted octanol–water partition coefficient (Wildman–Crippen LogP) is 2.89. The van der Waals surface area contributed by atoms with Crippen LogP contribution in [0.2, 0.25) is 0 Å². The molecule has 0 spiro atoms. The van der Waals surface area contributed by atoms with Gasteiger partial charge in [-0.3, -0.25) is 4.79 Å². The maximum Gasteiger partial charge on any atom is 0.259 e. The van der Waals surface area contributed by atoms with Gasteiger partial charge in [0.15, 0.2) is 17.3 Å². The summed E-state index contributed by atoms with van der Waals surface area (Å²) in [4.78, 5) is 14.6. The fraction of sp³-hybridized carbons (Fsp3) is 0.444. The molecule has 0 radical (unpaired) electrons. The van der Waals surface area contributed by atoms with Crippen molar-refractivity contribution in [1.82, 2.24) is 10.1 Å². The summed E-state index contributed by atoms with van der Waals surface area (Å²) in [6, 6.07) is 5.22. The van der Waals surface area contributed by atoms with Crippen LogP contribution in [-0.4, -0.2) is 48.4 Å². The first-order valence-corrected chi connectivity index (χ1v) is 8.17.